The van der Waals surface area contributed by atoms with Crippen molar-refractivity contribution < 1.29 is 26.5 Å². The highest BCUT2D eigenvalue weighted by atomic mass is 32.2. The maximum Gasteiger partial charge on any atom is 0.425 e. The fourth-order valence-electron chi connectivity index (χ4n) is 2.88. The normalized spacial score (nSPS) is 14.7. The standard InChI is InChI=1S/C20H20F4N4O2S/c1-11-7-14(28-31(3,4)29)9-16-18(11)19(26-10-25-16)27-15-6-5-13(21)8-17(15)30-12(2)20(22,23)24/h5-10,12H,3H2,1-2,4H3,(H,28,29)(H,25,26,27). The van der Waals surface area contributed by atoms with Gasteiger partial charge < -0.3 is 14.8 Å². The average molecular weight is 456 g/mol. The van der Waals surface area contributed by atoms with Gasteiger partial charge >= 0.3 is 6.18 Å². The largest absolute Gasteiger partial charge is 0.479 e. The molecule has 0 amide bonds. The number of nitrogens with zero attached hydrogens (tertiary/aromatic N) is 2. The molecule has 0 radical (unpaired) electrons. The molecule has 0 bridgehead atoms. The quantitative estimate of drug-likeness (QED) is 0.411. The van der Waals surface area contributed by atoms with Crippen LogP contribution in [0.3, 0.4) is 0 Å². The Labute approximate surface area is 176 Å². The molecule has 31 heavy (non-hydrogen) atoms. The summed E-state index contributed by atoms with van der Waals surface area (Å²) in [7, 11) is -2.51. The van der Waals surface area contributed by atoms with Gasteiger partial charge in [-0.05, 0) is 49.5 Å². The summed E-state index contributed by atoms with van der Waals surface area (Å²) in [5, 5.41) is 3.49. The molecule has 6 nitrogen and oxygen atoms in total. The number of rotatable bonds is 6. The predicted octanol–water partition coefficient (Wildman–Crippen LogP) is 4.82. The Kier molecular flexibility index (Phi) is 5.99. The van der Waals surface area contributed by atoms with E-state index in [1.165, 1.54) is 18.6 Å². The van der Waals surface area contributed by atoms with E-state index in [2.05, 4.69) is 25.9 Å². The molecule has 2 atom stereocenters. The van der Waals surface area contributed by atoms with Gasteiger partial charge in [-0.25, -0.2) is 18.6 Å². The molecule has 2 N–H and O–H groups in total. The molecule has 0 saturated heterocycles. The number of halogens is 4. The van der Waals surface area contributed by atoms with Crippen molar-refractivity contribution in [2.45, 2.75) is 26.1 Å². The first-order valence-electron chi connectivity index (χ1n) is 8.99. The van der Waals surface area contributed by atoms with Gasteiger partial charge in [-0.3, -0.25) is 0 Å². The molecule has 0 spiro atoms. The first-order valence-corrected chi connectivity index (χ1v) is 11.1. The van der Waals surface area contributed by atoms with E-state index < -0.39 is 27.8 Å². The van der Waals surface area contributed by atoms with Gasteiger partial charge in [0.25, 0.3) is 0 Å². The van der Waals surface area contributed by atoms with Crippen molar-refractivity contribution in [3.8, 4) is 5.75 Å². The second kappa shape index (κ2) is 8.22. The molecule has 1 heterocycles. The summed E-state index contributed by atoms with van der Waals surface area (Å²) in [5.74, 6) is 2.79. The highest BCUT2D eigenvalue weighted by Crippen LogP contribution is 2.35. The van der Waals surface area contributed by atoms with Gasteiger partial charge in [0, 0.05) is 33.1 Å². The summed E-state index contributed by atoms with van der Waals surface area (Å²) in [6.07, 6.45) is -4.03. The van der Waals surface area contributed by atoms with E-state index in [0.29, 0.717) is 22.2 Å². The van der Waals surface area contributed by atoms with Crippen molar-refractivity contribution in [2.75, 3.05) is 16.3 Å². The van der Waals surface area contributed by atoms with Crippen molar-refractivity contribution in [3.05, 3.63) is 48.0 Å². The number of aromatic nitrogens is 2. The highest BCUT2D eigenvalue weighted by Gasteiger charge is 2.38. The van der Waals surface area contributed by atoms with Gasteiger partial charge in [-0.2, -0.15) is 13.2 Å². The Bertz CT molecular complexity index is 1230. The van der Waals surface area contributed by atoms with Crippen LogP contribution in [0, 0.1) is 12.7 Å². The van der Waals surface area contributed by atoms with Crippen molar-refractivity contribution in [2.24, 2.45) is 0 Å². The van der Waals surface area contributed by atoms with Gasteiger partial charge in [-0.1, -0.05) is 0 Å². The van der Waals surface area contributed by atoms with Gasteiger partial charge in [-0.15, -0.1) is 0 Å². The van der Waals surface area contributed by atoms with Crippen LogP contribution in [0.1, 0.15) is 12.5 Å². The molecule has 11 heteroatoms. The Morgan fingerprint density at radius 1 is 1.19 bits per heavy atom. The van der Waals surface area contributed by atoms with Gasteiger partial charge in [0.15, 0.2) is 6.10 Å². The molecule has 166 valence electrons. The Morgan fingerprint density at radius 3 is 2.55 bits per heavy atom. The smallest absolute Gasteiger partial charge is 0.425 e. The zero-order valence-corrected chi connectivity index (χ0v) is 17.7. The molecule has 1 aromatic heterocycles. The summed E-state index contributed by atoms with van der Waals surface area (Å²) in [5.41, 5.74) is 1.85. The second-order valence-electron chi connectivity index (χ2n) is 7.08. The number of fused-ring (bicyclic) bond motifs is 1. The molecule has 2 aromatic carbocycles. The van der Waals surface area contributed by atoms with Crippen LogP contribution in [-0.2, 0) is 9.71 Å². The van der Waals surface area contributed by atoms with Crippen LogP contribution in [0.2, 0.25) is 0 Å². The summed E-state index contributed by atoms with van der Waals surface area (Å²) in [6.45, 7) is 2.61. The molecule has 0 aliphatic heterocycles. The van der Waals surface area contributed by atoms with Gasteiger partial charge in [0.1, 0.15) is 23.7 Å². The molecule has 0 saturated carbocycles. The molecule has 3 rings (SSSR count). The molecule has 0 fully saturated rings. The van der Waals surface area contributed by atoms with Crippen LogP contribution in [-0.4, -0.2) is 38.6 Å². The number of ether oxygens (including phenoxy) is 1. The lowest BCUT2D eigenvalue weighted by Gasteiger charge is -2.20. The van der Waals surface area contributed by atoms with Crippen LogP contribution in [0.15, 0.2) is 36.7 Å². The number of hydrogen-bond acceptors (Lipinski definition) is 5. The summed E-state index contributed by atoms with van der Waals surface area (Å²) in [6, 6.07) is 6.60. The lowest BCUT2D eigenvalue weighted by Crippen LogP contribution is -2.31. The van der Waals surface area contributed by atoms with E-state index in [4.69, 9.17) is 4.74 Å². The minimum absolute atomic E-state index is 0.105. The number of hydrogen-bond donors (Lipinski definition) is 2. The minimum atomic E-state index is -4.61. The topological polar surface area (TPSA) is 76.1 Å². The fraction of sp³-hybridized carbons (Fsp3) is 0.250. The van der Waals surface area contributed by atoms with Gasteiger partial charge in [0.2, 0.25) is 0 Å². The molecular formula is C20H20F4N4O2S. The van der Waals surface area contributed by atoms with E-state index >= 15 is 0 Å². The third kappa shape index (κ3) is 5.54. The van der Waals surface area contributed by atoms with E-state index in [1.807, 2.05) is 0 Å². The molecule has 2 unspecified atom stereocenters. The van der Waals surface area contributed by atoms with Crippen LogP contribution < -0.4 is 14.8 Å². The maximum absolute atomic E-state index is 13.7. The van der Waals surface area contributed by atoms with Crippen molar-refractivity contribution >= 4 is 43.7 Å². The lowest BCUT2D eigenvalue weighted by atomic mass is 10.1. The summed E-state index contributed by atoms with van der Waals surface area (Å²) < 4.78 is 72.1. The zero-order chi connectivity index (χ0) is 23.0. The highest BCUT2D eigenvalue weighted by molar-refractivity contribution is 8.00. The van der Waals surface area contributed by atoms with Crippen molar-refractivity contribution in [1.29, 1.82) is 0 Å². The van der Waals surface area contributed by atoms with E-state index in [-0.39, 0.29) is 17.3 Å². The number of anilines is 3. The number of benzene rings is 2. The minimum Gasteiger partial charge on any atom is -0.479 e. The third-order valence-electron chi connectivity index (χ3n) is 4.23. The molecule has 3 aromatic rings. The average Bonchev–Trinajstić information content (AvgIpc) is 2.61. The number of nitrogens with one attached hydrogen (secondary N) is 2. The van der Waals surface area contributed by atoms with Crippen LogP contribution in [0.25, 0.3) is 10.9 Å². The third-order valence-corrected chi connectivity index (χ3v) is 4.90. The Balaban J connectivity index is 2.02. The molecular weight excluding hydrogens is 436 g/mol. The number of alkyl halides is 3. The fourth-order valence-corrected chi connectivity index (χ4v) is 3.49. The van der Waals surface area contributed by atoms with E-state index in [9.17, 15) is 21.8 Å². The van der Waals surface area contributed by atoms with Gasteiger partial charge in [0.05, 0.1) is 11.2 Å². The summed E-state index contributed by atoms with van der Waals surface area (Å²) in [4.78, 5) is 8.38. The Morgan fingerprint density at radius 2 is 1.90 bits per heavy atom. The first kappa shape index (κ1) is 22.6. The van der Waals surface area contributed by atoms with Crippen LogP contribution in [0.4, 0.5) is 34.8 Å². The first-order chi connectivity index (χ1) is 14.3. The monoisotopic (exact) mass is 456 g/mol. The van der Waals surface area contributed by atoms with E-state index in [1.54, 1.807) is 19.1 Å². The van der Waals surface area contributed by atoms with Crippen LogP contribution in [0.5, 0.6) is 5.75 Å². The van der Waals surface area contributed by atoms with Crippen molar-refractivity contribution in [1.82, 2.24) is 9.97 Å². The maximum atomic E-state index is 13.7. The predicted molar refractivity (Wildman–Crippen MR) is 115 cm³/mol. The van der Waals surface area contributed by atoms with Crippen LogP contribution >= 0.6 is 0 Å². The number of aryl methyl sites for hydroxylation is 1. The molecule has 0 aliphatic carbocycles. The Hall–Kier alpha value is -3.08. The SMILES string of the molecule is C=S(C)(=O)Nc1cc(C)c2c(Nc3ccc(F)cc3OC(C)C(F)(F)F)ncnc2c1. The second-order valence-corrected chi connectivity index (χ2v) is 9.30. The molecule has 0 aliphatic rings. The van der Waals surface area contributed by atoms with Crippen molar-refractivity contribution in [3.63, 3.8) is 0 Å². The zero-order valence-electron chi connectivity index (χ0n) is 16.9. The van der Waals surface area contributed by atoms with E-state index in [0.717, 1.165) is 19.1 Å². The summed E-state index contributed by atoms with van der Waals surface area (Å²) >= 11 is 0. The lowest BCUT2D eigenvalue weighted by molar-refractivity contribution is -0.189.